The molecule has 1 fully saturated rings. The van der Waals surface area contributed by atoms with Gasteiger partial charge in [-0.3, -0.25) is 9.59 Å². The summed E-state index contributed by atoms with van der Waals surface area (Å²) in [5.74, 6) is -0.0279. The number of benzene rings is 2. The molecule has 0 aliphatic heterocycles. The molecule has 0 heterocycles. The Hall–Kier alpha value is -2.60. The van der Waals surface area contributed by atoms with Gasteiger partial charge in [-0.1, -0.05) is 31.2 Å². The van der Waals surface area contributed by atoms with Gasteiger partial charge < -0.3 is 15.0 Å². The first kappa shape index (κ1) is 24.1. The Kier molecular flexibility index (Phi) is 8.51. The molecule has 0 bridgehead atoms. The van der Waals surface area contributed by atoms with Crippen molar-refractivity contribution in [1.82, 2.24) is 10.2 Å². The zero-order valence-electron chi connectivity index (χ0n) is 18.5. The summed E-state index contributed by atoms with van der Waals surface area (Å²) in [6, 6.07) is 12.1. The summed E-state index contributed by atoms with van der Waals surface area (Å²) in [6.45, 7) is 2.38. The van der Waals surface area contributed by atoms with E-state index in [9.17, 15) is 14.0 Å². The predicted octanol–water partition coefficient (Wildman–Crippen LogP) is 4.84. The number of alkyl halides is 1. The van der Waals surface area contributed by atoms with Gasteiger partial charge in [0.15, 0.2) is 0 Å². The van der Waals surface area contributed by atoms with Gasteiger partial charge in [-0.15, -0.1) is 11.6 Å². The molecule has 0 saturated heterocycles. The zero-order valence-corrected chi connectivity index (χ0v) is 19.3. The highest BCUT2D eigenvalue weighted by Crippen LogP contribution is 2.28. The molecule has 3 rings (SSSR count). The van der Waals surface area contributed by atoms with Gasteiger partial charge in [0.05, 0.1) is 7.11 Å². The maximum absolute atomic E-state index is 13.6. The molecule has 1 aliphatic rings. The molecule has 172 valence electrons. The molecule has 0 unspecified atom stereocenters. The Balaban J connectivity index is 1.92. The Morgan fingerprint density at radius 3 is 2.47 bits per heavy atom. The molecule has 0 spiro atoms. The van der Waals surface area contributed by atoms with Gasteiger partial charge in [0, 0.05) is 12.6 Å². The van der Waals surface area contributed by atoms with Crippen LogP contribution in [0.5, 0.6) is 5.75 Å². The van der Waals surface area contributed by atoms with Crippen LogP contribution in [-0.2, 0) is 16.1 Å². The lowest BCUT2D eigenvalue weighted by Gasteiger charge is -2.34. The van der Waals surface area contributed by atoms with Crippen LogP contribution >= 0.6 is 11.6 Å². The number of amides is 2. The Morgan fingerprint density at radius 1 is 1.16 bits per heavy atom. The van der Waals surface area contributed by atoms with Gasteiger partial charge in [0.1, 0.15) is 23.5 Å². The summed E-state index contributed by atoms with van der Waals surface area (Å²) in [5, 5.41) is 3.13. The van der Waals surface area contributed by atoms with Crippen molar-refractivity contribution in [2.24, 2.45) is 5.92 Å². The van der Waals surface area contributed by atoms with E-state index < -0.39 is 11.9 Å². The molecule has 1 atom stereocenters. The molecule has 5 nitrogen and oxygen atoms in total. The molecule has 32 heavy (non-hydrogen) atoms. The van der Waals surface area contributed by atoms with Crippen molar-refractivity contribution in [2.45, 2.75) is 51.2 Å². The molecule has 2 aromatic rings. The molecule has 0 radical (unpaired) electrons. The van der Waals surface area contributed by atoms with Crippen molar-refractivity contribution in [3.8, 4) is 5.75 Å². The monoisotopic (exact) mass is 460 g/mol. The van der Waals surface area contributed by atoms with E-state index in [4.69, 9.17) is 16.3 Å². The molecule has 2 amide bonds. The fraction of sp³-hybridized carbons (Fsp3) is 0.440. The van der Waals surface area contributed by atoms with E-state index in [1.165, 1.54) is 17.0 Å². The highest BCUT2D eigenvalue weighted by atomic mass is 35.5. The maximum atomic E-state index is 13.6. The van der Waals surface area contributed by atoms with Gasteiger partial charge in [-0.25, -0.2) is 4.39 Å². The minimum atomic E-state index is -0.924. The summed E-state index contributed by atoms with van der Waals surface area (Å²) in [6.07, 6.45) is 3.92. The third-order valence-electron chi connectivity index (χ3n) is 6.03. The lowest BCUT2D eigenvalue weighted by molar-refractivity contribution is -0.140. The van der Waals surface area contributed by atoms with Crippen LogP contribution in [0, 0.1) is 11.7 Å². The van der Waals surface area contributed by atoms with Crippen molar-refractivity contribution in [3.05, 3.63) is 65.5 Å². The number of carbonyl (C=O) groups excluding carboxylic acids is 2. The molecule has 1 saturated carbocycles. The first-order valence-corrected chi connectivity index (χ1v) is 11.5. The van der Waals surface area contributed by atoms with E-state index in [-0.39, 0.29) is 30.3 Å². The molecule has 1 N–H and O–H groups in total. The highest BCUT2D eigenvalue weighted by Gasteiger charge is 2.33. The SMILES string of the molecule is COc1cccc(CN(C(=O)CCl)[C@@H](C(=O)NC2CCC(C)CC2)c2ccc(F)cc2)c1. The summed E-state index contributed by atoms with van der Waals surface area (Å²) < 4.78 is 18.9. The zero-order chi connectivity index (χ0) is 23.1. The van der Waals surface area contributed by atoms with Crippen LogP contribution in [-0.4, -0.2) is 35.7 Å². The molecule has 0 aromatic heterocycles. The quantitative estimate of drug-likeness (QED) is 0.573. The number of nitrogens with zero attached hydrogens (tertiary/aromatic N) is 1. The van der Waals surface area contributed by atoms with Crippen LogP contribution in [0.15, 0.2) is 48.5 Å². The third kappa shape index (κ3) is 6.22. The van der Waals surface area contributed by atoms with Crippen molar-refractivity contribution < 1.29 is 18.7 Å². The lowest BCUT2D eigenvalue weighted by atomic mass is 9.87. The fourth-order valence-corrected chi connectivity index (χ4v) is 4.32. The first-order chi connectivity index (χ1) is 15.4. The topological polar surface area (TPSA) is 58.6 Å². The van der Waals surface area contributed by atoms with Crippen LogP contribution in [0.4, 0.5) is 4.39 Å². The summed E-state index contributed by atoms with van der Waals surface area (Å²) in [7, 11) is 1.57. The molecule has 2 aromatic carbocycles. The molecular weight excluding hydrogens is 431 g/mol. The Labute approximate surface area is 193 Å². The summed E-state index contributed by atoms with van der Waals surface area (Å²) >= 11 is 5.93. The van der Waals surface area contributed by atoms with E-state index in [0.29, 0.717) is 17.2 Å². The molecule has 7 heteroatoms. The highest BCUT2D eigenvalue weighted by molar-refractivity contribution is 6.27. The number of rotatable bonds is 8. The summed E-state index contributed by atoms with van der Waals surface area (Å²) in [4.78, 5) is 27.8. The second kappa shape index (κ2) is 11.3. The second-order valence-corrected chi connectivity index (χ2v) is 8.69. The fourth-order valence-electron chi connectivity index (χ4n) is 4.17. The minimum Gasteiger partial charge on any atom is -0.497 e. The Morgan fingerprint density at radius 2 is 1.84 bits per heavy atom. The van der Waals surface area contributed by atoms with Crippen molar-refractivity contribution in [2.75, 3.05) is 13.0 Å². The van der Waals surface area contributed by atoms with Crippen molar-refractivity contribution in [1.29, 1.82) is 0 Å². The van der Waals surface area contributed by atoms with E-state index in [0.717, 1.165) is 31.2 Å². The van der Waals surface area contributed by atoms with Crippen LogP contribution in [0.25, 0.3) is 0 Å². The van der Waals surface area contributed by atoms with E-state index in [2.05, 4.69) is 12.2 Å². The van der Waals surface area contributed by atoms with Crippen LogP contribution in [0.2, 0.25) is 0 Å². The number of hydrogen-bond donors (Lipinski definition) is 1. The number of ether oxygens (including phenoxy) is 1. The number of methoxy groups -OCH3 is 1. The number of nitrogens with one attached hydrogen (secondary N) is 1. The average molecular weight is 461 g/mol. The van der Waals surface area contributed by atoms with Crippen molar-refractivity contribution >= 4 is 23.4 Å². The van der Waals surface area contributed by atoms with Crippen LogP contribution in [0.3, 0.4) is 0 Å². The van der Waals surface area contributed by atoms with E-state index in [1.807, 2.05) is 24.3 Å². The molecular formula is C25H30ClFN2O3. The minimum absolute atomic E-state index is 0.0615. The van der Waals surface area contributed by atoms with Gasteiger partial charge in [0.25, 0.3) is 0 Å². The normalized spacial score (nSPS) is 19.1. The van der Waals surface area contributed by atoms with E-state index >= 15 is 0 Å². The largest absolute Gasteiger partial charge is 0.497 e. The average Bonchev–Trinajstić information content (AvgIpc) is 2.81. The van der Waals surface area contributed by atoms with Gasteiger partial charge in [-0.2, -0.15) is 0 Å². The smallest absolute Gasteiger partial charge is 0.247 e. The Bertz CT molecular complexity index is 914. The summed E-state index contributed by atoms with van der Waals surface area (Å²) in [5.41, 5.74) is 1.34. The van der Waals surface area contributed by atoms with Gasteiger partial charge in [-0.05, 0) is 67.0 Å². The van der Waals surface area contributed by atoms with Crippen molar-refractivity contribution in [3.63, 3.8) is 0 Å². The predicted molar refractivity (Wildman–Crippen MR) is 123 cm³/mol. The first-order valence-electron chi connectivity index (χ1n) is 11.0. The standard InChI is InChI=1S/C25H30ClFN2O3/c1-17-6-12-21(13-7-17)28-25(31)24(19-8-10-20(27)11-9-19)29(23(30)15-26)16-18-4-3-5-22(14-18)32-2/h3-5,8-11,14,17,21,24H,6-7,12-13,15-16H2,1-2H3,(H,28,31)/t17?,21?,24-/m1/s1. The number of hydrogen-bond acceptors (Lipinski definition) is 3. The second-order valence-electron chi connectivity index (χ2n) is 8.43. The third-order valence-corrected chi connectivity index (χ3v) is 6.26. The maximum Gasteiger partial charge on any atom is 0.247 e. The number of halogens is 2. The number of carbonyl (C=O) groups is 2. The van der Waals surface area contributed by atoms with Crippen LogP contribution in [0.1, 0.15) is 49.8 Å². The van der Waals surface area contributed by atoms with Gasteiger partial charge in [0.2, 0.25) is 11.8 Å². The lowest BCUT2D eigenvalue weighted by Crippen LogP contribution is -2.47. The molecule has 1 aliphatic carbocycles. The van der Waals surface area contributed by atoms with Gasteiger partial charge >= 0.3 is 0 Å². The van der Waals surface area contributed by atoms with E-state index in [1.54, 1.807) is 19.2 Å². The van der Waals surface area contributed by atoms with Crippen LogP contribution < -0.4 is 10.1 Å².